The molecule has 0 spiro atoms. The van der Waals surface area contributed by atoms with Gasteiger partial charge < -0.3 is 13.9 Å². The molecule has 7 nitrogen and oxygen atoms in total. The second-order valence-electron chi connectivity index (χ2n) is 6.08. The molecular formula is C20H19N3O4S. The van der Waals surface area contributed by atoms with Crippen LogP contribution >= 0.6 is 11.8 Å². The molecule has 144 valence electrons. The van der Waals surface area contributed by atoms with Crippen molar-refractivity contribution in [3.05, 3.63) is 48.5 Å². The number of fused-ring (bicyclic) bond motifs is 1. The highest BCUT2D eigenvalue weighted by Crippen LogP contribution is 2.34. The molecule has 0 fully saturated rings. The molecule has 4 rings (SSSR count). The zero-order chi connectivity index (χ0) is 19.2. The molecule has 1 aliphatic rings. The number of rotatable bonds is 7. The summed E-state index contributed by atoms with van der Waals surface area (Å²) in [6, 6.07) is 15.6. The van der Waals surface area contributed by atoms with Crippen molar-refractivity contribution in [1.29, 1.82) is 0 Å². The van der Waals surface area contributed by atoms with E-state index in [1.165, 1.54) is 4.90 Å². The first-order valence-corrected chi connectivity index (χ1v) is 9.98. The lowest BCUT2D eigenvalue weighted by Crippen LogP contribution is -2.15. The Labute approximate surface area is 166 Å². The van der Waals surface area contributed by atoms with E-state index in [9.17, 15) is 4.79 Å². The Hall–Kier alpha value is -3.00. The van der Waals surface area contributed by atoms with Crippen molar-refractivity contribution in [3.8, 4) is 23.0 Å². The van der Waals surface area contributed by atoms with Gasteiger partial charge in [0, 0.05) is 16.9 Å². The van der Waals surface area contributed by atoms with Crippen LogP contribution in [0.15, 0.2) is 57.8 Å². The standard InChI is InChI=1S/C20H19N3O4S/c24-18(7-4-12-28-15-5-2-1-3-6-15)21-20-23-22-19(27-20)14-8-9-16-17(13-14)26-11-10-25-16/h1-3,5-6,8-9,13H,4,7,10-12H2,(H,21,23,24). The molecule has 8 heteroatoms. The maximum atomic E-state index is 12.1. The number of carbonyl (C=O) groups excluding carboxylic acids is 1. The highest BCUT2D eigenvalue weighted by Gasteiger charge is 2.16. The van der Waals surface area contributed by atoms with Crippen molar-refractivity contribution >= 4 is 23.7 Å². The van der Waals surface area contributed by atoms with Crippen LogP contribution in [0.3, 0.4) is 0 Å². The molecule has 1 aromatic heterocycles. The number of anilines is 1. The number of nitrogens with one attached hydrogen (secondary N) is 1. The van der Waals surface area contributed by atoms with E-state index in [1.54, 1.807) is 23.9 Å². The van der Waals surface area contributed by atoms with Gasteiger partial charge in [-0.2, -0.15) is 0 Å². The number of hydrogen-bond donors (Lipinski definition) is 1. The van der Waals surface area contributed by atoms with Crippen LogP contribution in [0.25, 0.3) is 11.5 Å². The van der Waals surface area contributed by atoms with E-state index < -0.39 is 0 Å². The third-order valence-electron chi connectivity index (χ3n) is 4.02. The summed E-state index contributed by atoms with van der Waals surface area (Å²) >= 11 is 1.73. The van der Waals surface area contributed by atoms with Crippen molar-refractivity contribution < 1.29 is 18.7 Å². The molecule has 1 amide bonds. The molecule has 2 aromatic carbocycles. The first-order chi connectivity index (χ1) is 13.8. The Bertz CT molecular complexity index is 946. The molecule has 2 heterocycles. The van der Waals surface area contributed by atoms with Crippen LogP contribution in [-0.2, 0) is 4.79 Å². The SMILES string of the molecule is O=C(CCCSc1ccccc1)Nc1nnc(-c2ccc3c(c2)OCCO3)o1. The van der Waals surface area contributed by atoms with Gasteiger partial charge in [-0.1, -0.05) is 23.3 Å². The van der Waals surface area contributed by atoms with Crippen LogP contribution in [0.2, 0.25) is 0 Å². The number of hydrogen-bond acceptors (Lipinski definition) is 7. The third kappa shape index (κ3) is 4.64. The molecule has 28 heavy (non-hydrogen) atoms. The van der Waals surface area contributed by atoms with Gasteiger partial charge in [0.1, 0.15) is 13.2 Å². The summed E-state index contributed by atoms with van der Waals surface area (Å²) in [5, 5.41) is 10.5. The summed E-state index contributed by atoms with van der Waals surface area (Å²) in [4.78, 5) is 13.3. The molecule has 1 N–H and O–H groups in total. The minimum Gasteiger partial charge on any atom is -0.486 e. The van der Waals surface area contributed by atoms with Gasteiger partial charge in [-0.3, -0.25) is 10.1 Å². The van der Waals surface area contributed by atoms with Crippen molar-refractivity contribution in [1.82, 2.24) is 10.2 Å². The van der Waals surface area contributed by atoms with Crippen LogP contribution in [0.4, 0.5) is 6.01 Å². The number of benzene rings is 2. The van der Waals surface area contributed by atoms with E-state index in [1.807, 2.05) is 24.3 Å². The van der Waals surface area contributed by atoms with Crippen LogP contribution in [0, 0.1) is 0 Å². The fourth-order valence-electron chi connectivity index (χ4n) is 2.69. The van der Waals surface area contributed by atoms with Gasteiger partial charge >= 0.3 is 6.01 Å². The third-order valence-corrected chi connectivity index (χ3v) is 5.12. The summed E-state index contributed by atoms with van der Waals surface area (Å²) in [7, 11) is 0. The zero-order valence-electron chi connectivity index (χ0n) is 15.1. The quantitative estimate of drug-likeness (QED) is 0.476. The number of carbonyl (C=O) groups is 1. The number of aromatic nitrogens is 2. The maximum Gasteiger partial charge on any atom is 0.322 e. The fourth-order valence-corrected chi connectivity index (χ4v) is 3.56. The topological polar surface area (TPSA) is 86.5 Å². The van der Waals surface area contributed by atoms with Gasteiger partial charge in [0.15, 0.2) is 11.5 Å². The van der Waals surface area contributed by atoms with Gasteiger partial charge in [-0.05, 0) is 42.5 Å². The molecule has 0 saturated carbocycles. The van der Waals surface area contributed by atoms with Gasteiger partial charge in [-0.25, -0.2) is 0 Å². The Morgan fingerprint density at radius 3 is 2.71 bits per heavy atom. The molecule has 0 aliphatic carbocycles. The van der Waals surface area contributed by atoms with Crippen LogP contribution < -0.4 is 14.8 Å². The van der Waals surface area contributed by atoms with Crippen molar-refractivity contribution in [2.75, 3.05) is 24.3 Å². The predicted molar refractivity (Wildman–Crippen MR) is 106 cm³/mol. The molecule has 0 atom stereocenters. The molecule has 0 bridgehead atoms. The molecule has 0 unspecified atom stereocenters. The molecule has 3 aromatic rings. The van der Waals surface area contributed by atoms with E-state index in [2.05, 4.69) is 27.6 Å². The Morgan fingerprint density at radius 1 is 1.04 bits per heavy atom. The van der Waals surface area contributed by atoms with Gasteiger partial charge in [0.25, 0.3) is 0 Å². The van der Waals surface area contributed by atoms with E-state index in [-0.39, 0.29) is 11.9 Å². The van der Waals surface area contributed by atoms with E-state index in [0.29, 0.717) is 42.6 Å². The summed E-state index contributed by atoms with van der Waals surface area (Å²) in [6.45, 7) is 1.04. The lowest BCUT2D eigenvalue weighted by Gasteiger charge is -2.18. The van der Waals surface area contributed by atoms with Crippen LogP contribution in [0.1, 0.15) is 12.8 Å². The summed E-state index contributed by atoms with van der Waals surface area (Å²) in [6.07, 6.45) is 1.15. The normalized spacial score (nSPS) is 12.6. The zero-order valence-corrected chi connectivity index (χ0v) is 15.9. The molecular weight excluding hydrogens is 378 g/mol. The number of ether oxygens (including phenoxy) is 2. The molecule has 1 aliphatic heterocycles. The van der Waals surface area contributed by atoms with Gasteiger partial charge in [-0.15, -0.1) is 16.9 Å². The van der Waals surface area contributed by atoms with E-state index >= 15 is 0 Å². The monoisotopic (exact) mass is 397 g/mol. The first kappa shape index (κ1) is 18.4. The highest BCUT2D eigenvalue weighted by atomic mass is 32.2. The highest BCUT2D eigenvalue weighted by molar-refractivity contribution is 7.99. The van der Waals surface area contributed by atoms with Gasteiger partial charge in [0.2, 0.25) is 11.8 Å². The molecule has 0 saturated heterocycles. The fraction of sp³-hybridized carbons (Fsp3) is 0.250. The number of nitrogens with zero attached hydrogens (tertiary/aromatic N) is 2. The van der Waals surface area contributed by atoms with Crippen molar-refractivity contribution in [2.24, 2.45) is 0 Å². The van der Waals surface area contributed by atoms with Crippen molar-refractivity contribution in [3.63, 3.8) is 0 Å². The average Bonchev–Trinajstić information content (AvgIpc) is 3.20. The van der Waals surface area contributed by atoms with E-state index in [0.717, 1.165) is 12.2 Å². The lowest BCUT2D eigenvalue weighted by atomic mass is 10.2. The van der Waals surface area contributed by atoms with Gasteiger partial charge in [0.05, 0.1) is 0 Å². The Kier molecular flexibility index (Phi) is 5.77. The van der Waals surface area contributed by atoms with Crippen molar-refractivity contribution in [2.45, 2.75) is 17.7 Å². The largest absolute Gasteiger partial charge is 0.486 e. The molecule has 0 radical (unpaired) electrons. The summed E-state index contributed by atoms with van der Waals surface area (Å²) in [5.74, 6) is 2.36. The predicted octanol–water partition coefficient (Wildman–Crippen LogP) is 4.02. The number of amides is 1. The van der Waals surface area contributed by atoms with E-state index in [4.69, 9.17) is 13.9 Å². The summed E-state index contributed by atoms with van der Waals surface area (Å²) in [5.41, 5.74) is 0.705. The second-order valence-corrected chi connectivity index (χ2v) is 7.25. The Balaban J connectivity index is 1.28. The average molecular weight is 397 g/mol. The minimum atomic E-state index is -0.147. The van der Waals surface area contributed by atoms with Crippen LogP contribution in [0.5, 0.6) is 11.5 Å². The number of thioether (sulfide) groups is 1. The lowest BCUT2D eigenvalue weighted by molar-refractivity contribution is -0.116. The first-order valence-electron chi connectivity index (χ1n) is 8.99. The maximum absolute atomic E-state index is 12.1. The Morgan fingerprint density at radius 2 is 1.86 bits per heavy atom. The second kappa shape index (κ2) is 8.79. The smallest absolute Gasteiger partial charge is 0.322 e. The minimum absolute atomic E-state index is 0.0885. The van der Waals surface area contributed by atoms with Crippen LogP contribution in [-0.4, -0.2) is 35.1 Å². The summed E-state index contributed by atoms with van der Waals surface area (Å²) < 4.78 is 16.6.